The van der Waals surface area contributed by atoms with Crippen LogP contribution in [0.25, 0.3) is 0 Å². The minimum absolute atomic E-state index is 0.164. The summed E-state index contributed by atoms with van der Waals surface area (Å²) in [5, 5.41) is 3.48. The predicted octanol–water partition coefficient (Wildman–Crippen LogP) is 2.86. The van der Waals surface area contributed by atoms with Crippen molar-refractivity contribution in [2.45, 2.75) is 31.4 Å². The van der Waals surface area contributed by atoms with Gasteiger partial charge >= 0.3 is 0 Å². The van der Waals surface area contributed by atoms with Gasteiger partial charge in [-0.3, -0.25) is 0 Å². The molecule has 0 fully saturated rings. The van der Waals surface area contributed by atoms with E-state index >= 15 is 0 Å². The van der Waals surface area contributed by atoms with Crippen molar-refractivity contribution >= 4 is 21.4 Å². The van der Waals surface area contributed by atoms with E-state index in [1.807, 2.05) is 31.3 Å². The first-order chi connectivity index (χ1) is 8.86. The lowest BCUT2D eigenvalue weighted by atomic mass is 9.96. The summed E-state index contributed by atoms with van der Waals surface area (Å²) in [6.45, 7) is 4.19. The third-order valence-electron chi connectivity index (χ3n) is 3.24. The maximum atomic E-state index is 11.9. The lowest BCUT2D eigenvalue weighted by Gasteiger charge is -2.18. The summed E-state index contributed by atoms with van der Waals surface area (Å²) in [7, 11) is -1.12. The molecule has 1 rings (SSSR count). The predicted molar refractivity (Wildman–Crippen MR) is 81.7 cm³/mol. The molecule has 0 aliphatic heterocycles. The number of nitrogens with one attached hydrogen (secondary N) is 1. The van der Waals surface area contributed by atoms with Gasteiger partial charge in [-0.05, 0) is 50.9 Å². The minimum Gasteiger partial charge on any atom is -0.319 e. The molecule has 0 heterocycles. The van der Waals surface area contributed by atoms with Gasteiger partial charge in [-0.2, -0.15) is 0 Å². The van der Waals surface area contributed by atoms with Crippen LogP contribution in [0.15, 0.2) is 24.3 Å². The second-order valence-electron chi connectivity index (χ2n) is 5.01. The van der Waals surface area contributed by atoms with Gasteiger partial charge in [0.25, 0.3) is 0 Å². The van der Waals surface area contributed by atoms with Crippen molar-refractivity contribution in [3.8, 4) is 0 Å². The van der Waals surface area contributed by atoms with Crippen molar-refractivity contribution in [3.63, 3.8) is 0 Å². The number of likely N-dealkylation sites (N-methyl/N-ethyl adjacent to an activating group) is 1. The van der Waals surface area contributed by atoms with Crippen LogP contribution in [0.5, 0.6) is 0 Å². The summed E-state index contributed by atoms with van der Waals surface area (Å²) in [4.78, 5) is 0. The molecule has 19 heavy (non-hydrogen) atoms. The van der Waals surface area contributed by atoms with Gasteiger partial charge in [0.05, 0.1) is 11.0 Å². The molecule has 1 atom stereocenters. The van der Waals surface area contributed by atoms with E-state index in [-0.39, 0.29) is 16.9 Å². The molecule has 0 saturated heterocycles. The first-order valence-electron chi connectivity index (χ1n) is 6.48. The van der Waals surface area contributed by atoms with Crippen molar-refractivity contribution in [2.75, 3.05) is 19.3 Å². The number of hydrogen-bond acceptors (Lipinski definition) is 3. The highest BCUT2D eigenvalue weighted by Gasteiger charge is 2.19. The molecule has 108 valence electrons. The summed E-state index contributed by atoms with van der Waals surface area (Å²) < 4.78 is 23.8. The Morgan fingerprint density at radius 1 is 1.32 bits per heavy atom. The first kappa shape index (κ1) is 16.5. The Labute approximate surface area is 121 Å². The second-order valence-corrected chi connectivity index (χ2v) is 8.13. The molecule has 0 saturated carbocycles. The Morgan fingerprint density at radius 2 is 2.00 bits per heavy atom. The summed E-state index contributed by atoms with van der Waals surface area (Å²) in [5.74, 6) is 0.376. The highest BCUT2D eigenvalue weighted by Crippen LogP contribution is 2.23. The molecule has 0 aromatic heterocycles. The van der Waals surface area contributed by atoms with Crippen LogP contribution < -0.4 is 5.32 Å². The average Bonchev–Trinajstić information content (AvgIpc) is 2.34. The smallest absolute Gasteiger partial charge is 0.152 e. The van der Waals surface area contributed by atoms with Crippen molar-refractivity contribution in [1.29, 1.82) is 0 Å². The molecule has 1 N–H and O–H groups in total. The summed E-state index contributed by atoms with van der Waals surface area (Å²) >= 11 is 5.99. The van der Waals surface area contributed by atoms with Gasteiger partial charge in [-0.1, -0.05) is 23.7 Å². The lowest BCUT2D eigenvalue weighted by Crippen LogP contribution is -2.23. The van der Waals surface area contributed by atoms with E-state index in [9.17, 15) is 8.42 Å². The Bertz CT molecular complexity index is 500. The van der Waals surface area contributed by atoms with Gasteiger partial charge in [0, 0.05) is 11.6 Å². The fourth-order valence-electron chi connectivity index (χ4n) is 1.94. The van der Waals surface area contributed by atoms with Gasteiger partial charge in [0.2, 0.25) is 0 Å². The molecular formula is C14H22ClNO2S. The van der Waals surface area contributed by atoms with Gasteiger partial charge in [0.15, 0.2) is 9.84 Å². The largest absolute Gasteiger partial charge is 0.319 e. The van der Waals surface area contributed by atoms with Gasteiger partial charge in [-0.25, -0.2) is 8.42 Å². The molecule has 0 bridgehead atoms. The summed E-state index contributed by atoms with van der Waals surface area (Å²) in [5.41, 5.74) is 1.08. The zero-order valence-corrected chi connectivity index (χ0v) is 13.3. The van der Waals surface area contributed by atoms with Gasteiger partial charge in [0.1, 0.15) is 0 Å². The van der Waals surface area contributed by atoms with E-state index < -0.39 is 9.84 Å². The molecule has 1 aromatic rings. The highest BCUT2D eigenvalue weighted by atomic mass is 35.5. The van der Waals surface area contributed by atoms with E-state index in [0.29, 0.717) is 11.4 Å². The molecule has 0 radical (unpaired) electrons. The van der Waals surface area contributed by atoms with Crippen LogP contribution in [0.4, 0.5) is 0 Å². The standard InChI is InChI=1S/C14H22ClNO2S/c1-11(2)19(17,18)8-7-13(10-16-3)12-5-4-6-14(15)9-12/h4-6,9,11,13,16H,7-8,10H2,1-3H3. The van der Waals surface area contributed by atoms with Crippen LogP contribution in [0, 0.1) is 0 Å². The maximum absolute atomic E-state index is 11.9. The van der Waals surface area contributed by atoms with E-state index in [1.54, 1.807) is 13.8 Å². The molecule has 1 aromatic carbocycles. The van der Waals surface area contributed by atoms with Gasteiger partial charge in [-0.15, -0.1) is 0 Å². The second kappa shape index (κ2) is 7.27. The summed E-state index contributed by atoms with van der Waals surface area (Å²) in [6, 6.07) is 7.63. The molecule has 5 heteroatoms. The van der Waals surface area contributed by atoms with Crippen LogP contribution in [-0.2, 0) is 9.84 Å². The third-order valence-corrected chi connectivity index (χ3v) is 5.72. The number of hydrogen-bond donors (Lipinski definition) is 1. The van der Waals surface area contributed by atoms with Crippen LogP contribution in [-0.4, -0.2) is 33.0 Å². The third kappa shape index (κ3) is 5.13. The number of halogens is 1. The van der Waals surface area contributed by atoms with Crippen molar-refractivity contribution in [2.24, 2.45) is 0 Å². The van der Waals surface area contributed by atoms with Crippen LogP contribution in [0.2, 0.25) is 5.02 Å². The van der Waals surface area contributed by atoms with Crippen molar-refractivity contribution in [3.05, 3.63) is 34.9 Å². The minimum atomic E-state index is -2.99. The van der Waals surface area contributed by atoms with Crippen molar-refractivity contribution in [1.82, 2.24) is 5.32 Å². The normalized spacial score (nSPS) is 13.7. The van der Waals surface area contributed by atoms with Crippen LogP contribution in [0.3, 0.4) is 0 Å². The van der Waals surface area contributed by atoms with E-state index in [1.165, 1.54) is 0 Å². The molecule has 0 aliphatic rings. The lowest BCUT2D eigenvalue weighted by molar-refractivity contribution is 0.567. The monoisotopic (exact) mass is 303 g/mol. The SMILES string of the molecule is CNCC(CCS(=O)(=O)C(C)C)c1cccc(Cl)c1. The molecular weight excluding hydrogens is 282 g/mol. The van der Waals surface area contributed by atoms with E-state index in [4.69, 9.17) is 11.6 Å². The Balaban J connectivity index is 2.79. The van der Waals surface area contributed by atoms with Crippen LogP contribution in [0.1, 0.15) is 31.7 Å². The average molecular weight is 304 g/mol. The number of sulfone groups is 1. The van der Waals surface area contributed by atoms with Gasteiger partial charge < -0.3 is 5.32 Å². The number of benzene rings is 1. The quantitative estimate of drug-likeness (QED) is 0.842. The van der Waals surface area contributed by atoms with E-state index in [0.717, 1.165) is 12.1 Å². The van der Waals surface area contributed by atoms with E-state index in [2.05, 4.69) is 5.32 Å². The van der Waals surface area contributed by atoms with Crippen LogP contribution >= 0.6 is 11.6 Å². The molecule has 1 unspecified atom stereocenters. The summed E-state index contributed by atoms with van der Waals surface area (Å²) in [6.07, 6.45) is 0.613. The Hall–Kier alpha value is -0.580. The zero-order chi connectivity index (χ0) is 14.5. The Morgan fingerprint density at radius 3 is 2.53 bits per heavy atom. The topological polar surface area (TPSA) is 46.2 Å². The zero-order valence-electron chi connectivity index (χ0n) is 11.7. The first-order valence-corrected chi connectivity index (χ1v) is 8.57. The van der Waals surface area contributed by atoms with Crippen molar-refractivity contribution < 1.29 is 8.42 Å². The molecule has 0 spiro atoms. The highest BCUT2D eigenvalue weighted by molar-refractivity contribution is 7.91. The molecule has 0 amide bonds. The fraction of sp³-hybridized carbons (Fsp3) is 0.571. The number of rotatable bonds is 7. The maximum Gasteiger partial charge on any atom is 0.152 e. The molecule has 0 aliphatic carbocycles. The fourth-order valence-corrected chi connectivity index (χ4v) is 3.22. The Kier molecular flexibility index (Phi) is 6.30. The molecule has 3 nitrogen and oxygen atoms in total.